The molecule has 3 nitrogen and oxygen atoms in total. The Kier molecular flexibility index (Phi) is 5.42. The van der Waals surface area contributed by atoms with Gasteiger partial charge in [-0.15, -0.1) is 0 Å². The molecule has 4 heteroatoms. The summed E-state index contributed by atoms with van der Waals surface area (Å²) in [4.78, 5) is 2.61. The molecule has 2 atom stereocenters. The molecule has 0 bridgehead atoms. The Morgan fingerprint density at radius 2 is 2.44 bits per heavy atom. The lowest BCUT2D eigenvalue weighted by atomic mass is 10.2. The Morgan fingerprint density at radius 3 is 3.19 bits per heavy atom. The Balaban J connectivity index is 1.64. The largest absolute Gasteiger partial charge is 0.376 e. The van der Waals surface area contributed by atoms with Gasteiger partial charge in [0.15, 0.2) is 0 Å². The van der Waals surface area contributed by atoms with Crippen molar-refractivity contribution in [3.05, 3.63) is 0 Å². The van der Waals surface area contributed by atoms with Crippen LogP contribution in [-0.4, -0.2) is 61.3 Å². The highest BCUT2D eigenvalue weighted by Gasteiger charge is 2.20. The monoisotopic (exact) mass is 244 g/mol. The molecule has 0 spiro atoms. The van der Waals surface area contributed by atoms with Crippen LogP contribution in [0.2, 0.25) is 0 Å². The highest BCUT2D eigenvalue weighted by atomic mass is 32.2. The van der Waals surface area contributed by atoms with Gasteiger partial charge < -0.3 is 15.0 Å². The highest BCUT2D eigenvalue weighted by molar-refractivity contribution is 8.00. The van der Waals surface area contributed by atoms with Gasteiger partial charge in [0.25, 0.3) is 0 Å². The van der Waals surface area contributed by atoms with Crippen LogP contribution in [0, 0.1) is 0 Å². The first-order valence-electron chi connectivity index (χ1n) is 6.54. The third kappa shape index (κ3) is 3.91. The van der Waals surface area contributed by atoms with E-state index in [0.717, 1.165) is 24.9 Å². The molecule has 0 radical (unpaired) electrons. The average molecular weight is 244 g/mol. The lowest BCUT2D eigenvalue weighted by Crippen LogP contribution is -2.43. The molecule has 2 fully saturated rings. The minimum atomic E-state index is 0.448. The summed E-state index contributed by atoms with van der Waals surface area (Å²) in [6, 6.07) is 0. The maximum atomic E-state index is 5.73. The van der Waals surface area contributed by atoms with Crippen LogP contribution in [0.25, 0.3) is 0 Å². The van der Waals surface area contributed by atoms with Crippen LogP contribution in [0.1, 0.15) is 19.8 Å². The van der Waals surface area contributed by atoms with Gasteiger partial charge in [0.1, 0.15) is 0 Å². The summed E-state index contributed by atoms with van der Waals surface area (Å²) in [6.45, 7) is 9.01. The van der Waals surface area contributed by atoms with E-state index < -0.39 is 0 Å². The third-order valence-electron chi connectivity index (χ3n) is 3.45. The van der Waals surface area contributed by atoms with Gasteiger partial charge in [0.05, 0.1) is 12.7 Å². The Labute approximate surface area is 103 Å². The molecule has 16 heavy (non-hydrogen) atoms. The molecule has 0 aromatic rings. The van der Waals surface area contributed by atoms with E-state index in [0.29, 0.717) is 6.10 Å². The van der Waals surface area contributed by atoms with Crippen molar-refractivity contribution in [3.8, 4) is 0 Å². The molecule has 0 aromatic heterocycles. The van der Waals surface area contributed by atoms with Gasteiger partial charge in [0, 0.05) is 43.7 Å². The zero-order valence-electron chi connectivity index (χ0n) is 10.3. The normalized spacial score (nSPS) is 32.8. The Bertz CT molecular complexity index is 197. The van der Waals surface area contributed by atoms with E-state index in [1.807, 2.05) is 0 Å². The summed E-state index contributed by atoms with van der Waals surface area (Å²) < 4.78 is 5.73. The van der Waals surface area contributed by atoms with Crippen LogP contribution in [-0.2, 0) is 4.74 Å². The fourth-order valence-electron chi connectivity index (χ4n) is 2.36. The molecule has 2 aliphatic heterocycles. The van der Waals surface area contributed by atoms with E-state index in [2.05, 4.69) is 28.9 Å². The summed E-state index contributed by atoms with van der Waals surface area (Å²) in [7, 11) is 0. The molecular formula is C12H24N2OS. The van der Waals surface area contributed by atoms with Crippen LogP contribution in [0.3, 0.4) is 0 Å². The number of nitrogens with zero attached hydrogens (tertiary/aromatic N) is 1. The molecular weight excluding hydrogens is 220 g/mol. The number of hydrogen-bond donors (Lipinski definition) is 1. The van der Waals surface area contributed by atoms with Gasteiger partial charge in [-0.1, -0.05) is 6.92 Å². The number of rotatable bonds is 4. The van der Waals surface area contributed by atoms with Gasteiger partial charge in [-0.25, -0.2) is 0 Å². The molecule has 2 heterocycles. The molecule has 2 aliphatic rings. The van der Waals surface area contributed by atoms with E-state index in [1.54, 1.807) is 0 Å². The first kappa shape index (κ1) is 12.7. The van der Waals surface area contributed by atoms with Crippen LogP contribution < -0.4 is 5.32 Å². The average Bonchev–Trinajstić information content (AvgIpc) is 2.38. The van der Waals surface area contributed by atoms with Crippen molar-refractivity contribution in [2.45, 2.75) is 31.1 Å². The van der Waals surface area contributed by atoms with Crippen molar-refractivity contribution >= 4 is 11.8 Å². The van der Waals surface area contributed by atoms with Crippen molar-refractivity contribution in [2.75, 3.05) is 45.1 Å². The number of ether oxygens (including phenoxy) is 1. The van der Waals surface area contributed by atoms with E-state index >= 15 is 0 Å². The first-order chi connectivity index (χ1) is 7.88. The van der Waals surface area contributed by atoms with Crippen molar-refractivity contribution in [1.82, 2.24) is 10.2 Å². The molecule has 1 N–H and O–H groups in total. The van der Waals surface area contributed by atoms with Gasteiger partial charge in [-0.2, -0.15) is 11.8 Å². The number of hydrogen-bond acceptors (Lipinski definition) is 4. The second-order valence-corrected chi connectivity index (χ2v) is 6.10. The fourth-order valence-corrected chi connectivity index (χ4v) is 3.61. The molecule has 2 saturated heterocycles. The van der Waals surface area contributed by atoms with Gasteiger partial charge in [0.2, 0.25) is 0 Å². The molecule has 0 aliphatic carbocycles. The SMILES string of the molecule is CCC1CN(CCC2CNCCO2)CCS1. The number of thioether (sulfide) groups is 1. The lowest BCUT2D eigenvalue weighted by Gasteiger charge is -2.33. The number of morpholine rings is 1. The smallest absolute Gasteiger partial charge is 0.0712 e. The number of nitrogens with one attached hydrogen (secondary N) is 1. The predicted octanol–water partition coefficient (Wildman–Crippen LogP) is 1.19. The zero-order chi connectivity index (χ0) is 11.2. The fraction of sp³-hybridized carbons (Fsp3) is 1.00. The summed E-state index contributed by atoms with van der Waals surface area (Å²) in [5.74, 6) is 1.31. The summed E-state index contributed by atoms with van der Waals surface area (Å²) >= 11 is 2.14. The second kappa shape index (κ2) is 6.84. The minimum Gasteiger partial charge on any atom is -0.376 e. The predicted molar refractivity (Wildman–Crippen MR) is 70.2 cm³/mol. The van der Waals surface area contributed by atoms with Crippen molar-refractivity contribution in [3.63, 3.8) is 0 Å². The van der Waals surface area contributed by atoms with E-state index in [9.17, 15) is 0 Å². The highest BCUT2D eigenvalue weighted by Crippen LogP contribution is 2.21. The molecule has 2 unspecified atom stereocenters. The Morgan fingerprint density at radius 1 is 1.50 bits per heavy atom. The van der Waals surface area contributed by atoms with Crippen LogP contribution in [0.4, 0.5) is 0 Å². The molecule has 2 rings (SSSR count). The lowest BCUT2D eigenvalue weighted by molar-refractivity contribution is 0.0175. The summed E-state index contributed by atoms with van der Waals surface area (Å²) in [5.41, 5.74) is 0. The maximum absolute atomic E-state index is 5.73. The first-order valence-corrected chi connectivity index (χ1v) is 7.59. The van der Waals surface area contributed by atoms with Gasteiger partial charge in [-0.05, 0) is 12.8 Å². The molecule has 0 aromatic carbocycles. The molecule has 94 valence electrons. The van der Waals surface area contributed by atoms with Gasteiger partial charge >= 0.3 is 0 Å². The minimum absolute atomic E-state index is 0.448. The second-order valence-electron chi connectivity index (χ2n) is 4.69. The van der Waals surface area contributed by atoms with E-state index in [-0.39, 0.29) is 0 Å². The summed E-state index contributed by atoms with van der Waals surface area (Å²) in [6.07, 6.45) is 2.94. The van der Waals surface area contributed by atoms with Crippen molar-refractivity contribution in [1.29, 1.82) is 0 Å². The quantitative estimate of drug-likeness (QED) is 0.803. The standard InChI is InChI=1S/C12H24N2OS/c1-2-12-10-14(6-8-16-12)5-3-11-9-13-4-7-15-11/h11-13H,2-10H2,1H3. The topological polar surface area (TPSA) is 24.5 Å². The Hall–Kier alpha value is 0.230. The van der Waals surface area contributed by atoms with Crippen molar-refractivity contribution < 1.29 is 4.74 Å². The van der Waals surface area contributed by atoms with Crippen molar-refractivity contribution in [2.24, 2.45) is 0 Å². The summed E-state index contributed by atoms with van der Waals surface area (Å²) in [5, 5.41) is 4.26. The molecule has 0 saturated carbocycles. The third-order valence-corrected chi connectivity index (χ3v) is 4.82. The van der Waals surface area contributed by atoms with Crippen LogP contribution in [0.15, 0.2) is 0 Å². The maximum Gasteiger partial charge on any atom is 0.0712 e. The zero-order valence-corrected chi connectivity index (χ0v) is 11.1. The molecule has 0 amide bonds. The van der Waals surface area contributed by atoms with Gasteiger partial charge in [-0.3, -0.25) is 0 Å². The van der Waals surface area contributed by atoms with E-state index in [1.165, 1.54) is 38.2 Å². The van der Waals surface area contributed by atoms with Crippen LogP contribution in [0.5, 0.6) is 0 Å². The van der Waals surface area contributed by atoms with E-state index in [4.69, 9.17) is 4.74 Å². The van der Waals surface area contributed by atoms with Crippen LogP contribution >= 0.6 is 11.8 Å².